The Bertz CT molecular complexity index is 498. The molecule has 18 heavy (non-hydrogen) atoms. The molecule has 0 fully saturated rings. The number of allylic oxidation sites excluding steroid dienone is 1. The third-order valence-electron chi connectivity index (χ3n) is 2.10. The topological polar surface area (TPSA) is 62.7 Å². The van der Waals surface area contributed by atoms with E-state index in [0.29, 0.717) is 0 Å². The molecule has 4 nitrogen and oxygen atoms in total. The highest BCUT2D eigenvalue weighted by atomic mass is 16.5. The van der Waals surface area contributed by atoms with Gasteiger partial charge in [0.1, 0.15) is 6.61 Å². The number of benzene rings is 1. The molecule has 4 heteroatoms. The summed E-state index contributed by atoms with van der Waals surface area (Å²) in [6.45, 7) is 1.98. The number of carbonyl (C=O) groups excluding carboxylic acids is 1. The molecule has 0 saturated carbocycles. The highest BCUT2D eigenvalue weighted by Crippen LogP contribution is 2.01. The van der Waals surface area contributed by atoms with Crippen LogP contribution >= 0.6 is 0 Å². The molecular weight excluding hydrogens is 228 g/mol. The zero-order chi connectivity index (χ0) is 13.2. The molecule has 92 valence electrons. The first kappa shape index (κ1) is 13.6. The molecular formula is C14H14N2O2. The van der Waals surface area contributed by atoms with Gasteiger partial charge in [-0.3, -0.25) is 0 Å². The molecule has 0 N–H and O–H groups in total. The lowest BCUT2D eigenvalue weighted by Gasteiger charge is -1.94. The van der Waals surface area contributed by atoms with Gasteiger partial charge in [-0.25, -0.2) is 4.79 Å². The summed E-state index contributed by atoms with van der Waals surface area (Å²) in [4.78, 5) is 14.4. The predicted octanol–water partition coefficient (Wildman–Crippen LogP) is 2.49. The van der Waals surface area contributed by atoms with Crippen LogP contribution in [0.25, 0.3) is 11.6 Å². The van der Waals surface area contributed by atoms with Crippen LogP contribution < -0.4 is 0 Å². The van der Waals surface area contributed by atoms with Crippen LogP contribution in [-0.4, -0.2) is 23.1 Å². The molecule has 0 aliphatic carbocycles. The van der Waals surface area contributed by atoms with E-state index in [0.717, 1.165) is 5.56 Å². The zero-order valence-electron chi connectivity index (χ0n) is 10.1. The van der Waals surface area contributed by atoms with Crippen molar-refractivity contribution in [3.05, 3.63) is 59.7 Å². The maximum atomic E-state index is 11.5. The average molecular weight is 242 g/mol. The van der Waals surface area contributed by atoms with Gasteiger partial charge in [0.15, 0.2) is 0 Å². The molecule has 1 aromatic rings. The van der Waals surface area contributed by atoms with Gasteiger partial charge in [0.2, 0.25) is 0 Å². The second-order valence-electron chi connectivity index (χ2n) is 3.40. The molecule has 0 aromatic heterocycles. The molecule has 1 rings (SSSR count). The van der Waals surface area contributed by atoms with E-state index in [1.165, 1.54) is 6.08 Å². The Hall–Kier alpha value is -2.45. The number of carbonyl (C=O) groups is 1. The van der Waals surface area contributed by atoms with Crippen molar-refractivity contribution in [2.24, 2.45) is 0 Å². The summed E-state index contributed by atoms with van der Waals surface area (Å²) in [5.74, 6) is -0.664. The molecule has 0 bridgehead atoms. The van der Waals surface area contributed by atoms with E-state index in [1.54, 1.807) is 18.2 Å². The van der Waals surface area contributed by atoms with Crippen LogP contribution in [0.1, 0.15) is 12.5 Å². The van der Waals surface area contributed by atoms with Gasteiger partial charge in [0, 0.05) is 6.08 Å². The summed E-state index contributed by atoms with van der Waals surface area (Å²) < 4.78 is 4.86. The van der Waals surface area contributed by atoms with Crippen molar-refractivity contribution in [2.75, 3.05) is 6.61 Å². The smallest absolute Gasteiger partial charge is 0.421 e. The average Bonchev–Trinajstić information content (AvgIpc) is 2.41. The van der Waals surface area contributed by atoms with Crippen LogP contribution in [-0.2, 0) is 9.53 Å². The summed E-state index contributed by atoms with van der Waals surface area (Å²) in [6, 6.07) is 9.39. The summed E-state index contributed by atoms with van der Waals surface area (Å²) in [5.41, 5.74) is 9.52. The first-order valence-corrected chi connectivity index (χ1v) is 5.51. The molecule has 0 aliphatic heterocycles. The zero-order valence-corrected chi connectivity index (χ0v) is 10.1. The van der Waals surface area contributed by atoms with E-state index in [2.05, 4.69) is 4.79 Å². The Kier molecular flexibility index (Phi) is 5.87. The third-order valence-corrected chi connectivity index (χ3v) is 2.10. The van der Waals surface area contributed by atoms with Gasteiger partial charge in [-0.1, -0.05) is 42.5 Å². The van der Waals surface area contributed by atoms with Gasteiger partial charge < -0.3 is 10.3 Å². The summed E-state index contributed by atoms with van der Waals surface area (Å²) in [7, 11) is 0. The molecule has 0 atom stereocenters. The summed E-state index contributed by atoms with van der Waals surface area (Å²) in [5, 5.41) is 0. The Labute approximate surface area is 106 Å². The van der Waals surface area contributed by atoms with E-state index >= 15 is 0 Å². The second-order valence-corrected chi connectivity index (χ2v) is 3.40. The predicted molar refractivity (Wildman–Crippen MR) is 69.9 cm³/mol. The SMILES string of the molecule is C/C=C\COC(=O)C(/C=C/c1ccccc1)=[N+]=[N-]. The van der Waals surface area contributed by atoms with Gasteiger partial charge in [0.25, 0.3) is 0 Å². The van der Waals surface area contributed by atoms with Crippen molar-refractivity contribution in [3.8, 4) is 0 Å². The lowest BCUT2D eigenvalue weighted by atomic mass is 10.2. The lowest BCUT2D eigenvalue weighted by Crippen LogP contribution is -2.16. The quantitative estimate of drug-likeness (QED) is 0.262. The first-order valence-electron chi connectivity index (χ1n) is 5.51. The van der Waals surface area contributed by atoms with Gasteiger partial charge in [-0.2, -0.15) is 4.79 Å². The molecule has 0 heterocycles. The van der Waals surface area contributed by atoms with Gasteiger partial charge >= 0.3 is 11.7 Å². The largest absolute Gasteiger partial charge is 0.453 e. The maximum absolute atomic E-state index is 11.5. The molecule has 1 aromatic carbocycles. The van der Waals surface area contributed by atoms with Crippen LogP contribution in [0.2, 0.25) is 0 Å². The van der Waals surface area contributed by atoms with E-state index in [1.807, 2.05) is 37.3 Å². The third kappa shape index (κ3) is 4.60. The Morgan fingerprint density at radius 3 is 2.72 bits per heavy atom. The van der Waals surface area contributed by atoms with Gasteiger partial charge in [-0.15, -0.1) is 0 Å². The highest BCUT2D eigenvalue weighted by molar-refractivity contribution is 6.39. The minimum atomic E-state index is -0.664. The first-order chi connectivity index (χ1) is 8.77. The standard InChI is InChI=1S/C14H14N2O2/c1-2-3-11-18-14(17)13(16-15)10-9-12-7-5-4-6-8-12/h2-10H,11H2,1H3/b3-2-,10-9+. The fourth-order valence-corrected chi connectivity index (χ4v) is 1.18. The van der Waals surface area contributed by atoms with Gasteiger partial charge in [0.05, 0.1) is 0 Å². The van der Waals surface area contributed by atoms with Crippen molar-refractivity contribution in [1.29, 1.82) is 0 Å². The minimum absolute atomic E-state index is 0.136. The molecule has 0 aliphatic rings. The van der Waals surface area contributed by atoms with Crippen LogP contribution in [0.3, 0.4) is 0 Å². The van der Waals surface area contributed by atoms with Crippen molar-refractivity contribution in [3.63, 3.8) is 0 Å². The Balaban J connectivity index is 2.66. The molecule has 0 spiro atoms. The molecule has 0 radical (unpaired) electrons. The van der Waals surface area contributed by atoms with Crippen LogP contribution in [0.5, 0.6) is 0 Å². The molecule has 0 saturated heterocycles. The summed E-state index contributed by atoms with van der Waals surface area (Å²) >= 11 is 0. The van der Waals surface area contributed by atoms with E-state index in [4.69, 9.17) is 10.3 Å². The fourth-order valence-electron chi connectivity index (χ4n) is 1.18. The normalized spacial score (nSPS) is 10.5. The van der Waals surface area contributed by atoms with Crippen LogP contribution in [0.15, 0.2) is 48.6 Å². The van der Waals surface area contributed by atoms with Crippen molar-refractivity contribution in [2.45, 2.75) is 6.92 Å². The van der Waals surface area contributed by atoms with Crippen LogP contribution in [0.4, 0.5) is 0 Å². The molecule has 0 amide bonds. The minimum Gasteiger partial charge on any atom is -0.453 e. The second kappa shape index (κ2) is 7.76. The number of nitrogens with zero attached hydrogens (tertiary/aromatic N) is 2. The number of hydrogen-bond acceptors (Lipinski definition) is 2. The van der Waals surface area contributed by atoms with Crippen LogP contribution in [0, 0.1) is 0 Å². The van der Waals surface area contributed by atoms with E-state index in [-0.39, 0.29) is 12.3 Å². The van der Waals surface area contributed by atoms with E-state index < -0.39 is 5.97 Å². The fraction of sp³-hybridized carbons (Fsp3) is 0.143. The number of esters is 1. The summed E-state index contributed by atoms with van der Waals surface area (Å²) in [6.07, 6.45) is 6.54. The Morgan fingerprint density at radius 1 is 1.39 bits per heavy atom. The van der Waals surface area contributed by atoms with Crippen molar-refractivity contribution in [1.82, 2.24) is 0 Å². The van der Waals surface area contributed by atoms with E-state index in [9.17, 15) is 4.79 Å². The number of ether oxygens (including phenoxy) is 1. The monoisotopic (exact) mass is 242 g/mol. The molecule has 0 unspecified atom stereocenters. The van der Waals surface area contributed by atoms with Gasteiger partial charge in [-0.05, 0) is 18.6 Å². The lowest BCUT2D eigenvalue weighted by molar-refractivity contribution is -0.138. The van der Waals surface area contributed by atoms with Crippen molar-refractivity contribution < 1.29 is 14.3 Å². The maximum Gasteiger partial charge on any atom is 0.421 e. The van der Waals surface area contributed by atoms with Crippen molar-refractivity contribution >= 4 is 17.8 Å². The number of hydrogen-bond donors (Lipinski definition) is 0. The highest BCUT2D eigenvalue weighted by Gasteiger charge is 2.17. The number of rotatable bonds is 5. The Morgan fingerprint density at radius 2 is 2.11 bits per heavy atom.